The Labute approximate surface area is 106 Å². The van der Waals surface area contributed by atoms with Crippen LogP contribution in [0.25, 0.3) is 10.9 Å². The van der Waals surface area contributed by atoms with E-state index in [1.165, 1.54) is 6.20 Å². The summed E-state index contributed by atoms with van der Waals surface area (Å²) in [6.07, 6.45) is 1.36. The molecule has 1 aliphatic rings. The van der Waals surface area contributed by atoms with Crippen molar-refractivity contribution in [2.75, 3.05) is 0 Å². The van der Waals surface area contributed by atoms with Gasteiger partial charge in [-0.05, 0) is 29.3 Å². The number of aromatic nitrogens is 2. The van der Waals surface area contributed by atoms with Gasteiger partial charge in [-0.15, -0.1) is 0 Å². The molecule has 3 rings (SSSR count). The number of fused-ring (bicyclic) bond motifs is 1. The monoisotopic (exact) mass is 274 g/mol. The van der Waals surface area contributed by atoms with Crippen LogP contribution in [0.1, 0.15) is 17.9 Å². The second kappa shape index (κ2) is 3.50. The first kappa shape index (κ1) is 11.1. The molecule has 0 N–H and O–H groups in total. The number of hydrogen-bond acceptors (Lipinski definition) is 2. The molecule has 1 saturated carbocycles. The van der Waals surface area contributed by atoms with Crippen molar-refractivity contribution in [2.45, 2.75) is 18.3 Å². The van der Waals surface area contributed by atoms with Crippen molar-refractivity contribution in [1.82, 2.24) is 9.97 Å². The summed E-state index contributed by atoms with van der Waals surface area (Å²) in [5.41, 5.74) is 0.964. The predicted octanol–water partition coefficient (Wildman–Crippen LogP) is 4.06. The molecule has 2 aromatic rings. The number of hydrogen-bond donors (Lipinski definition) is 0. The Morgan fingerprint density at radius 2 is 2.00 bits per heavy atom. The molecule has 0 amide bonds. The summed E-state index contributed by atoms with van der Waals surface area (Å²) in [5.74, 6) is -3.44. The lowest BCUT2D eigenvalue weighted by atomic mass is 10.1. The third kappa shape index (κ3) is 1.85. The zero-order valence-electron chi connectivity index (χ0n) is 8.42. The highest BCUT2D eigenvalue weighted by molar-refractivity contribution is 6.32. The molecule has 2 nitrogen and oxygen atoms in total. The van der Waals surface area contributed by atoms with E-state index in [1.807, 2.05) is 0 Å². The highest BCUT2D eigenvalue weighted by Crippen LogP contribution is 2.57. The van der Waals surface area contributed by atoms with E-state index in [0.717, 1.165) is 0 Å². The fourth-order valence-corrected chi connectivity index (χ4v) is 2.31. The third-order valence-electron chi connectivity index (χ3n) is 2.87. The molecule has 17 heavy (non-hydrogen) atoms. The van der Waals surface area contributed by atoms with E-state index in [1.54, 1.807) is 12.1 Å². The van der Waals surface area contributed by atoms with E-state index < -0.39 is 11.8 Å². The first-order valence-electron chi connectivity index (χ1n) is 4.97. The van der Waals surface area contributed by atoms with Gasteiger partial charge in [0.25, 0.3) is 5.92 Å². The molecule has 1 aromatic heterocycles. The van der Waals surface area contributed by atoms with Crippen LogP contribution in [0.15, 0.2) is 18.3 Å². The summed E-state index contributed by atoms with van der Waals surface area (Å²) < 4.78 is 26.0. The van der Waals surface area contributed by atoms with Crippen molar-refractivity contribution in [3.63, 3.8) is 0 Å². The summed E-state index contributed by atoms with van der Waals surface area (Å²) in [5, 5.41) is 1.10. The minimum Gasteiger partial charge on any atom is -0.226 e. The minimum atomic E-state index is -2.64. The number of rotatable bonds is 1. The number of nitrogens with zero attached hydrogens (tertiary/aromatic N) is 2. The molecule has 0 radical (unpaired) electrons. The predicted molar refractivity (Wildman–Crippen MR) is 61.9 cm³/mol. The number of benzene rings is 1. The molecule has 1 fully saturated rings. The first-order valence-corrected chi connectivity index (χ1v) is 5.72. The van der Waals surface area contributed by atoms with Gasteiger partial charge in [-0.1, -0.05) is 11.6 Å². The second-order valence-electron chi connectivity index (χ2n) is 4.09. The molecular weight excluding hydrogens is 269 g/mol. The molecule has 88 valence electrons. The van der Waals surface area contributed by atoms with Crippen molar-refractivity contribution >= 4 is 34.1 Å². The molecule has 1 unspecified atom stereocenters. The minimum absolute atomic E-state index is 0.0910. The van der Waals surface area contributed by atoms with Crippen molar-refractivity contribution in [3.05, 3.63) is 34.2 Å². The molecule has 0 spiro atoms. The second-order valence-corrected chi connectivity index (χ2v) is 4.83. The van der Waals surface area contributed by atoms with Crippen molar-refractivity contribution < 1.29 is 8.78 Å². The van der Waals surface area contributed by atoms with E-state index >= 15 is 0 Å². The Morgan fingerprint density at radius 3 is 2.65 bits per heavy atom. The Kier molecular flexibility index (Phi) is 2.28. The van der Waals surface area contributed by atoms with E-state index in [2.05, 4.69) is 9.97 Å². The van der Waals surface area contributed by atoms with Gasteiger partial charge in [0.1, 0.15) is 0 Å². The Hall–Kier alpha value is -1.00. The molecule has 1 aliphatic carbocycles. The zero-order valence-corrected chi connectivity index (χ0v) is 9.93. The molecule has 0 aliphatic heterocycles. The standard InChI is InChI=1S/C11H6Cl2F2N2/c12-8-1-5-4-16-10(13)17-9(5)2-6(8)7-3-11(7,14)15/h1-2,4,7H,3H2. The van der Waals surface area contributed by atoms with Crippen LogP contribution in [0.5, 0.6) is 0 Å². The van der Waals surface area contributed by atoms with Crippen molar-refractivity contribution in [3.8, 4) is 0 Å². The summed E-state index contributed by atoms with van der Waals surface area (Å²) in [4.78, 5) is 7.80. The maximum absolute atomic E-state index is 13.0. The van der Waals surface area contributed by atoms with E-state index in [-0.39, 0.29) is 11.7 Å². The van der Waals surface area contributed by atoms with Crippen LogP contribution in [0.2, 0.25) is 10.3 Å². The maximum Gasteiger partial charge on any atom is 0.255 e. The number of alkyl halides is 2. The van der Waals surface area contributed by atoms with Gasteiger partial charge in [0.2, 0.25) is 5.28 Å². The summed E-state index contributed by atoms with van der Waals surface area (Å²) in [6.45, 7) is 0. The topological polar surface area (TPSA) is 25.8 Å². The maximum atomic E-state index is 13.0. The highest BCUT2D eigenvalue weighted by Gasteiger charge is 2.58. The average molecular weight is 275 g/mol. The molecule has 0 saturated heterocycles. The van der Waals surface area contributed by atoms with Gasteiger partial charge >= 0.3 is 0 Å². The molecule has 1 heterocycles. The molecule has 0 bridgehead atoms. The van der Waals surface area contributed by atoms with Gasteiger partial charge in [0.15, 0.2) is 0 Å². The van der Waals surface area contributed by atoms with E-state index in [0.29, 0.717) is 21.5 Å². The Morgan fingerprint density at radius 1 is 1.29 bits per heavy atom. The highest BCUT2D eigenvalue weighted by atomic mass is 35.5. The van der Waals surface area contributed by atoms with Crippen molar-refractivity contribution in [2.24, 2.45) is 0 Å². The lowest BCUT2D eigenvalue weighted by Gasteiger charge is -2.05. The Bertz CT molecular complexity index is 616. The smallest absolute Gasteiger partial charge is 0.226 e. The fraction of sp³-hybridized carbons (Fsp3) is 0.273. The first-order chi connectivity index (χ1) is 7.97. The van der Waals surface area contributed by atoms with Crippen LogP contribution in [-0.4, -0.2) is 15.9 Å². The average Bonchev–Trinajstić information content (AvgIpc) is 2.87. The van der Waals surface area contributed by atoms with Crippen molar-refractivity contribution in [1.29, 1.82) is 0 Å². The van der Waals surface area contributed by atoms with E-state index in [9.17, 15) is 8.78 Å². The van der Waals surface area contributed by atoms with Crippen LogP contribution in [-0.2, 0) is 0 Å². The summed E-state index contributed by atoms with van der Waals surface area (Å²) >= 11 is 11.6. The SMILES string of the molecule is FC1(F)CC1c1cc2nc(Cl)ncc2cc1Cl. The van der Waals surface area contributed by atoms with Gasteiger partial charge in [0.05, 0.1) is 11.4 Å². The molecule has 1 atom stereocenters. The molecular formula is C11H6Cl2F2N2. The Balaban J connectivity index is 2.16. The van der Waals surface area contributed by atoms with Crippen LogP contribution < -0.4 is 0 Å². The summed E-state index contributed by atoms with van der Waals surface area (Å²) in [7, 11) is 0. The van der Waals surface area contributed by atoms with Crippen LogP contribution in [0.3, 0.4) is 0 Å². The van der Waals surface area contributed by atoms with E-state index in [4.69, 9.17) is 23.2 Å². The molecule has 6 heteroatoms. The number of halogens is 4. The lowest BCUT2D eigenvalue weighted by Crippen LogP contribution is -1.95. The van der Waals surface area contributed by atoms with Gasteiger partial charge in [-0.2, -0.15) is 0 Å². The van der Waals surface area contributed by atoms with Crippen LogP contribution in [0, 0.1) is 0 Å². The quantitative estimate of drug-likeness (QED) is 0.733. The van der Waals surface area contributed by atoms with Gasteiger partial charge in [0, 0.05) is 23.0 Å². The van der Waals surface area contributed by atoms with Crippen LogP contribution in [0.4, 0.5) is 8.78 Å². The largest absolute Gasteiger partial charge is 0.255 e. The third-order valence-corrected chi connectivity index (χ3v) is 3.38. The fourth-order valence-electron chi connectivity index (χ4n) is 1.86. The van der Waals surface area contributed by atoms with Gasteiger partial charge in [-0.3, -0.25) is 0 Å². The normalized spacial score (nSPS) is 21.8. The molecule has 1 aromatic carbocycles. The summed E-state index contributed by atoms with van der Waals surface area (Å²) in [6, 6.07) is 3.16. The van der Waals surface area contributed by atoms with Gasteiger partial charge in [-0.25, -0.2) is 18.7 Å². The van der Waals surface area contributed by atoms with Crippen LogP contribution >= 0.6 is 23.2 Å². The van der Waals surface area contributed by atoms with Gasteiger partial charge < -0.3 is 0 Å². The zero-order chi connectivity index (χ0) is 12.2. The lowest BCUT2D eigenvalue weighted by molar-refractivity contribution is 0.112.